The van der Waals surface area contributed by atoms with Crippen LogP contribution in [-0.2, 0) is 9.53 Å². The van der Waals surface area contributed by atoms with Gasteiger partial charge >= 0.3 is 17.7 Å². The number of alkyl carbamates (subject to hydrolysis) is 1. The normalized spacial score (nSPS) is 11.3. The summed E-state index contributed by atoms with van der Waals surface area (Å²) in [4.78, 5) is 35.2. The highest BCUT2D eigenvalue weighted by Crippen LogP contribution is 2.24. The third-order valence-electron chi connectivity index (χ3n) is 3.89. The largest absolute Gasteiger partial charge is 0.444 e. The van der Waals surface area contributed by atoms with Crippen molar-refractivity contribution >= 4 is 23.0 Å². The van der Waals surface area contributed by atoms with Gasteiger partial charge in [0.15, 0.2) is 0 Å². The van der Waals surface area contributed by atoms with Gasteiger partial charge in [0.2, 0.25) is 0 Å². The van der Waals surface area contributed by atoms with E-state index in [1.807, 2.05) is 6.92 Å². The molecule has 0 aliphatic carbocycles. The SMILES string of the molecule is Cc1c(C)c2ccc(OC(=O)CCCNC(=O)OC(C)(C)C)cc2oc1=O. The summed E-state index contributed by atoms with van der Waals surface area (Å²) in [6, 6.07) is 4.94. The maximum atomic E-state index is 12.0. The molecule has 0 spiro atoms. The summed E-state index contributed by atoms with van der Waals surface area (Å²) in [5.41, 5.74) is 0.805. The number of amides is 1. The van der Waals surface area contributed by atoms with E-state index in [-0.39, 0.29) is 6.42 Å². The van der Waals surface area contributed by atoms with Crippen LogP contribution in [-0.4, -0.2) is 24.2 Å². The van der Waals surface area contributed by atoms with Gasteiger partial charge < -0.3 is 19.2 Å². The van der Waals surface area contributed by atoms with E-state index in [0.717, 1.165) is 10.9 Å². The number of hydrogen-bond donors (Lipinski definition) is 1. The van der Waals surface area contributed by atoms with E-state index in [9.17, 15) is 14.4 Å². The lowest BCUT2D eigenvalue weighted by molar-refractivity contribution is -0.134. The molecule has 146 valence electrons. The molecule has 0 bridgehead atoms. The van der Waals surface area contributed by atoms with E-state index in [4.69, 9.17) is 13.9 Å². The molecular weight excluding hydrogens is 350 g/mol. The summed E-state index contributed by atoms with van der Waals surface area (Å²) in [5, 5.41) is 3.38. The van der Waals surface area contributed by atoms with Crippen LogP contribution < -0.4 is 15.7 Å². The molecule has 0 radical (unpaired) electrons. The molecule has 0 aliphatic heterocycles. The molecule has 0 unspecified atom stereocenters. The monoisotopic (exact) mass is 375 g/mol. The van der Waals surface area contributed by atoms with Crippen molar-refractivity contribution in [2.45, 2.75) is 53.1 Å². The Bertz CT molecular complexity index is 907. The Kier molecular flexibility index (Phi) is 6.25. The van der Waals surface area contributed by atoms with Crippen LogP contribution in [0, 0.1) is 13.8 Å². The first-order chi connectivity index (χ1) is 12.6. The van der Waals surface area contributed by atoms with Gasteiger partial charge in [-0.05, 0) is 58.7 Å². The number of rotatable bonds is 5. The molecule has 0 atom stereocenters. The van der Waals surface area contributed by atoms with Crippen LogP contribution in [0.5, 0.6) is 5.75 Å². The number of benzene rings is 1. The van der Waals surface area contributed by atoms with Gasteiger partial charge in [0.25, 0.3) is 0 Å². The van der Waals surface area contributed by atoms with Crippen molar-refractivity contribution in [2.24, 2.45) is 0 Å². The van der Waals surface area contributed by atoms with Gasteiger partial charge in [0, 0.05) is 30.0 Å². The quantitative estimate of drug-likeness (QED) is 0.371. The summed E-state index contributed by atoms with van der Waals surface area (Å²) in [7, 11) is 0. The summed E-state index contributed by atoms with van der Waals surface area (Å²) < 4.78 is 15.6. The predicted octanol–water partition coefficient (Wildman–Crippen LogP) is 3.62. The second-order valence-corrected chi connectivity index (χ2v) is 7.30. The van der Waals surface area contributed by atoms with Crippen molar-refractivity contribution in [1.29, 1.82) is 0 Å². The zero-order valence-corrected chi connectivity index (χ0v) is 16.3. The van der Waals surface area contributed by atoms with Crippen LogP contribution in [0.4, 0.5) is 4.79 Å². The topological polar surface area (TPSA) is 94.8 Å². The Labute approximate surface area is 157 Å². The Hall–Kier alpha value is -2.83. The molecule has 0 saturated heterocycles. The molecule has 2 aromatic rings. The van der Waals surface area contributed by atoms with Crippen molar-refractivity contribution in [1.82, 2.24) is 5.32 Å². The fourth-order valence-electron chi connectivity index (χ4n) is 2.41. The summed E-state index contributed by atoms with van der Waals surface area (Å²) >= 11 is 0. The molecule has 1 amide bonds. The Morgan fingerprint density at radius 1 is 1.15 bits per heavy atom. The number of ether oxygens (including phenoxy) is 2. The van der Waals surface area contributed by atoms with Crippen LogP contribution in [0.3, 0.4) is 0 Å². The number of esters is 1. The molecule has 27 heavy (non-hydrogen) atoms. The lowest BCUT2D eigenvalue weighted by Crippen LogP contribution is -2.33. The first-order valence-electron chi connectivity index (χ1n) is 8.78. The number of hydrogen-bond acceptors (Lipinski definition) is 6. The number of aryl methyl sites for hydroxylation is 1. The molecule has 1 N–H and O–H groups in total. The summed E-state index contributed by atoms with van der Waals surface area (Å²) in [5.74, 6) is -0.134. The van der Waals surface area contributed by atoms with Gasteiger partial charge in [-0.15, -0.1) is 0 Å². The fraction of sp³-hybridized carbons (Fsp3) is 0.450. The first kappa shape index (κ1) is 20.5. The molecule has 0 aliphatic rings. The van der Waals surface area contributed by atoms with Crippen LogP contribution in [0.15, 0.2) is 27.4 Å². The van der Waals surface area contributed by atoms with Gasteiger partial charge in [0.05, 0.1) is 0 Å². The van der Waals surface area contributed by atoms with Gasteiger partial charge in [0.1, 0.15) is 16.9 Å². The fourth-order valence-corrected chi connectivity index (χ4v) is 2.41. The zero-order chi connectivity index (χ0) is 20.2. The Morgan fingerprint density at radius 2 is 1.85 bits per heavy atom. The van der Waals surface area contributed by atoms with E-state index < -0.39 is 23.3 Å². The highest BCUT2D eigenvalue weighted by atomic mass is 16.6. The highest BCUT2D eigenvalue weighted by Gasteiger charge is 2.16. The van der Waals surface area contributed by atoms with Gasteiger partial charge in [-0.1, -0.05) is 0 Å². The second-order valence-electron chi connectivity index (χ2n) is 7.30. The minimum atomic E-state index is -0.564. The minimum Gasteiger partial charge on any atom is -0.444 e. The average Bonchev–Trinajstić information content (AvgIpc) is 2.55. The lowest BCUT2D eigenvalue weighted by atomic mass is 10.1. The van der Waals surface area contributed by atoms with Gasteiger partial charge in [-0.2, -0.15) is 0 Å². The maximum Gasteiger partial charge on any atom is 0.407 e. The molecule has 7 heteroatoms. The molecular formula is C20H25NO6. The van der Waals surface area contributed by atoms with Crippen LogP contribution in [0.2, 0.25) is 0 Å². The molecule has 7 nitrogen and oxygen atoms in total. The lowest BCUT2D eigenvalue weighted by Gasteiger charge is -2.19. The molecule has 1 heterocycles. The van der Waals surface area contributed by atoms with Crippen molar-refractivity contribution < 1.29 is 23.5 Å². The number of fused-ring (bicyclic) bond motifs is 1. The Morgan fingerprint density at radius 3 is 2.52 bits per heavy atom. The average molecular weight is 375 g/mol. The highest BCUT2D eigenvalue weighted by molar-refractivity contribution is 5.83. The number of nitrogens with one attached hydrogen (secondary N) is 1. The van der Waals surface area contributed by atoms with E-state index in [2.05, 4.69) is 5.32 Å². The standard InChI is InChI=1S/C20H25NO6/c1-12-13(2)18(23)26-16-11-14(8-9-15(12)16)25-17(22)7-6-10-21-19(24)27-20(3,4)5/h8-9,11H,6-7,10H2,1-5H3,(H,21,24). The van der Waals surface area contributed by atoms with Crippen LogP contribution in [0.25, 0.3) is 11.0 Å². The molecule has 0 fully saturated rings. The molecule has 2 rings (SSSR count). The summed E-state index contributed by atoms with van der Waals surface area (Å²) in [6.07, 6.45) is 0.0232. The van der Waals surface area contributed by atoms with E-state index in [0.29, 0.717) is 29.9 Å². The third kappa shape index (κ3) is 5.84. The van der Waals surface area contributed by atoms with Crippen LogP contribution >= 0.6 is 0 Å². The van der Waals surface area contributed by atoms with E-state index in [1.54, 1.807) is 39.8 Å². The van der Waals surface area contributed by atoms with Gasteiger partial charge in [-0.3, -0.25) is 4.79 Å². The van der Waals surface area contributed by atoms with Crippen molar-refractivity contribution in [3.05, 3.63) is 39.7 Å². The molecule has 1 aromatic carbocycles. The molecule has 0 saturated carbocycles. The second kappa shape index (κ2) is 8.24. The third-order valence-corrected chi connectivity index (χ3v) is 3.89. The van der Waals surface area contributed by atoms with Crippen molar-refractivity contribution in [2.75, 3.05) is 6.54 Å². The zero-order valence-electron chi connectivity index (χ0n) is 16.3. The number of carbonyl (C=O) groups excluding carboxylic acids is 2. The van der Waals surface area contributed by atoms with E-state index in [1.165, 1.54) is 6.07 Å². The van der Waals surface area contributed by atoms with E-state index >= 15 is 0 Å². The van der Waals surface area contributed by atoms with Crippen molar-refractivity contribution in [3.63, 3.8) is 0 Å². The maximum absolute atomic E-state index is 12.0. The first-order valence-corrected chi connectivity index (χ1v) is 8.78. The predicted molar refractivity (Wildman–Crippen MR) is 101 cm³/mol. The van der Waals surface area contributed by atoms with Crippen LogP contribution in [0.1, 0.15) is 44.7 Å². The molecule has 1 aromatic heterocycles. The minimum absolute atomic E-state index is 0.130. The summed E-state index contributed by atoms with van der Waals surface area (Å²) in [6.45, 7) is 9.18. The van der Waals surface area contributed by atoms with Crippen molar-refractivity contribution in [3.8, 4) is 5.75 Å². The van der Waals surface area contributed by atoms with Gasteiger partial charge in [-0.25, -0.2) is 9.59 Å². The Balaban J connectivity index is 1.88. The number of carbonyl (C=O) groups is 2. The smallest absolute Gasteiger partial charge is 0.407 e.